The molecule has 1 aromatic carbocycles. The van der Waals surface area contributed by atoms with E-state index >= 15 is 0 Å². The minimum Gasteiger partial charge on any atom is -0.332 e. The smallest absolute Gasteiger partial charge is 0.311 e. The molecular weight excluding hydrogens is 344 g/mol. The van der Waals surface area contributed by atoms with Gasteiger partial charge in [-0.3, -0.25) is 0 Å². The Kier molecular flexibility index (Phi) is 2.74. The van der Waals surface area contributed by atoms with Gasteiger partial charge in [-0.1, -0.05) is 32.2 Å². The highest BCUT2D eigenvalue weighted by molar-refractivity contribution is 9.10. The minimum absolute atomic E-state index is 0.0850. The molecule has 0 saturated carbocycles. The van der Waals surface area contributed by atoms with Crippen LogP contribution in [0.4, 0.5) is 29.5 Å². The quantitative estimate of drug-likeness (QED) is 0.531. The molecule has 0 aromatic heterocycles. The summed E-state index contributed by atoms with van der Waals surface area (Å²) in [7, 11) is -9.93. The highest BCUT2D eigenvalue weighted by atomic mass is 79.9. The first kappa shape index (κ1) is 13.8. The summed E-state index contributed by atoms with van der Waals surface area (Å²) >= 11 is 5.51. The lowest BCUT2D eigenvalue weighted by atomic mass is 10.3. The van der Waals surface area contributed by atoms with Gasteiger partial charge >= 0.3 is 10.2 Å². The van der Waals surface area contributed by atoms with Crippen molar-refractivity contribution in [2.24, 2.45) is 0 Å². The Balaban J connectivity index is 3.65. The number of halogens is 7. The predicted molar refractivity (Wildman–Crippen MR) is 58.1 cm³/mol. The number of thiol groups is 1. The monoisotopic (exact) mass is 347 g/mol. The molecule has 0 atom stereocenters. The van der Waals surface area contributed by atoms with Crippen molar-refractivity contribution < 1.29 is 23.8 Å². The predicted octanol–water partition coefficient (Wildman–Crippen LogP) is 5.50. The van der Waals surface area contributed by atoms with Gasteiger partial charge in [0.25, 0.3) is 0 Å². The number of hydrogen-bond acceptors (Lipinski definition) is 2. The van der Waals surface area contributed by atoms with E-state index in [1.54, 1.807) is 0 Å². The Bertz CT molecular complexity index is 444. The van der Waals surface area contributed by atoms with E-state index in [0.717, 1.165) is 0 Å². The van der Waals surface area contributed by atoms with Gasteiger partial charge < -0.3 is 4.72 Å². The van der Waals surface area contributed by atoms with Crippen LogP contribution >= 0.6 is 39.0 Å². The second-order valence-electron chi connectivity index (χ2n) is 2.85. The summed E-state index contributed by atoms with van der Waals surface area (Å²) in [5, 5.41) is 0. The van der Waals surface area contributed by atoms with Crippen LogP contribution in [-0.2, 0) is 0 Å². The standard InChI is InChI=1S/C6H4BrF6NS2/c7-6-4(8)1-3(14-15)2-5(6)16(9,10,11,12)13/h1-2,14-15H. The first-order chi connectivity index (χ1) is 6.85. The lowest BCUT2D eigenvalue weighted by Gasteiger charge is -2.41. The molecule has 10 heteroatoms. The third-order valence-electron chi connectivity index (χ3n) is 1.54. The molecule has 0 saturated heterocycles. The van der Waals surface area contributed by atoms with E-state index in [-0.39, 0.29) is 6.07 Å². The van der Waals surface area contributed by atoms with Crippen LogP contribution in [-0.4, -0.2) is 0 Å². The average molecular weight is 348 g/mol. The second kappa shape index (κ2) is 3.16. The lowest BCUT2D eigenvalue weighted by Crippen LogP contribution is -2.08. The van der Waals surface area contributed by atoms with Gasteiger partial charge in [0.15, 0.2) is 0 Å². The maximum atomic E-state index is 13.0. The summed E-state index contributed by atoms with van der Waals surface area (Å²) in [6.45, 7) is 0. The molecule has 1 rings (SSSR count). The molecule has 0 fully saturated rings. The molecule has 0 bridgehead atoms. The summed E-state index contributed by atoms with van der Waals surface area (Å²) in [4.78, 5) is -2.32. The van der Waals surface area contributed by atoms with Crippen molar-refractivity contribution in [3.05, 3.63) is 22.4 Å². The van der Waals surface area contributed by atoms with Crippen LogP contribution in [0.3, 0.4) is 0 Å². The lowest BCUT2D eigenvalue weighted by molar-refractivity contribution is 0.362. The normalized spacial score (nSPS) is 16.5. The van der Waals surface area contributed by atoms with Crippen molar-refractivity contribution >= 4 is 44.7 Å². The third-order valence-corrected chi connectivity index (χ3v) is 4.02. The van der Waals surface area contributed by atoms with E-state index in [0.29, 0.717) is 6.07 Å². The average Bonchev–Trinajstić information content (AvgIpc) is 2.05. The molecule has 0 aliphatic rings. The summed E-state index contributed by atoms with van der Waals surface area (Å²) < 4.78 is 75.8. The molecule has 0 spiro atoms. The van der Waals surface area contributed by atoms with Gasteiger partial charge in [0, 0.05) is 5.69 Å². The molecule has 0 aliphatic heterocycles. The zero-order valence-electron chi connectivity index (χ0n) is 7.16. The van der Waals surface area contributed by atoms with E-state index in [4.69, 9.17) is 0 Å². The second-order valence-corrected chi connectivity index (χ2v) is 6.25. The molecule has 0 amide bonds. The molecular formula is C6H4BrF6NS2. The minimum atomic E-state index is -9.93. The van der Waals surface area contributed by atoms with Crippen molar-refractivity contribution in [2.75, 3.05) is 4.72 Å². The van der Waals surface area contributed by atoms with Gasteiger partial charge in [0.05, 0.1) is 4.47 Å². The van der Waals surface area contributed by atoms with Gasteiger partial charge in [-0.15, -0.1) is 0 Å². The maximum Gasteiger partial charge on any atom is 0.311 e. The first-order valence-corrected chi connectivity index (χ1v) is 6.67. The molecule has 0 unspecified atom stereocenters. The third kappa shape index (κ3) is 2.92. The Labute approximate surface area is 101 Å². The van der Waals surface area contributed by atoms with Crippen LogP contribution in [0.2, 0.25) is 0 Å². The Morgan fingerprint density at radius 2 is 1.62 bits per heavy atom. The first-order valence-electron chi connectivity index (χ1n) is 3.48. The van der Waals surface area contributed by atoms with E-state index in [1.807, 2.05) is 4.72 Å². The van der Waals surface area contributed by atoms with Crippen LogP contribution in [0.5, 0.6) is 0 Å². The van der Waals surface area contributed by atoms with Crippen molar-refractivity contribution in [1.29, 1.82) is 0 Å². The zero-order chi connectivity index (χ0) is 12.8. The number of rotatable bonds is 2. The van der Waals surface area contributed by atoms with Crippen LogP contribution < -0.4 is 4.72 Å². The van der Waals surface area contributed by atoms with Gasteiger partial charge in [0.1, 0.15) is 10.7 Å². The summed E-state index contributed by atoms with van der Waals surface area (Å²) in [5.41, 5.74) is -0.521. The number of benzene rings is 1. The molecule has 0 radical (unpaired) electrons. The van der Waals surface area contributed by atoms with E-state index in [2.05, 4.69) is 28.7 Å². The molecule has 1 aromatic rings. The molecule has 0 heterocycles. The number of hydrogen-bond donors (Lipinski definition) is 2. The molecule has 94 valence electrons. The molecule has 1 N–H and O–H groups in total. The Hall–Kier alpha value is -0.220. The highest BCUT2D eigenvalue weighted by Crippen LogP contribution is 3.02. The number of nitrogens with one attached hydrogen (secondary N) is 1. The Morgan fingerprint density at radius 1 is 1.12 bits per heavy atom. The summed E-state index contributed by atoms with van der Waals surface area (Å²) in [6.07, 6.45) is 0. The fourth-order valence-electron chi connectivity index (χ4n) is 0.909. The topological polar surface area (TPSA) is 12.0 Å². The highest BCUT2D eigenvalue weighted by Gasteiger charge is 2.67. The van der Waals surface area contributed by atoms with E-state index in [9.17, 15) is 23.8 Å². The van der Waals surface area contributed by atoms with E-state index in [1.165, 1.54) is 0 Å². The van der Waals surface area contributed by atoms with Crippen LogP contribution in [0.1, 0.15) is 0 Å². The van der Waals surface area contributed by atoms with Crippen molar-refractivity contribution in [3.63, 3.8) is 0 Å². The van der Waals surface area contributed by atoms with Gasteiger partial charge in [0.2, 0.25) is 0 Å². The fraction of sp³-hybridized carbons (Fsp3) is 0. The van der Waals surface area contributed by atoms with Crippen molar-refractivity contribution in [1.82, 2.24) is 0 Å². The Morgan fingerprint density at radius 3 is 2.00 bits per heavy atom. The van der Waals surface area contributed by atoms with Crippen LogP contribution in [0.15, 0.2) is 21.5 Å². The SMILES string of the molecule is Fc1cc(NS)cc(S(F)(F)(F)(F)F)c1Br. The summed E-state index contributed by atoms with van der Waals surface area (Å²) in [5.74, 6) is -1.46. The molecule has 1 nitrogen and oxygen atoms in total. The molecule has 0 aliphatic carbocycles. The van der Waals surface area contributed by atoms with Gasteiger partial charge in [-0.05, 0) is 28.1 Å². The largest absolute Gasteiger partial charge is 0.332 e. The zero-order valence-corrected chi connectivity index (χ0v) is 10.5. The van der Waals surface area contributed by atoms with Crippen molar-refractivity contribution in [3.8, 4) is 0 Å². The van der Waals surface area contributed by atoms with E-state index < -0.39 is 31.1 Å². The van der Waals surface area contributed by atoms with Gasteiger partial charge in [-0.2, -0.15) is 0 Å². The maximum absolute atomic E-state index is 13.0. The fourth-order valence-corrected chi connectivity index (χ4v) is 2.97. The van der Waals surface area contributed by atoms with Gasteiger partial charge in [-0.25, -0.2) is 4.39 Å². The van der Waals surface area contributed by atoms with Crippen LogP contribution in [0, 0.1) is 5.82 Å². The number of anilines is 1. The molecule has 16 heavy (non-hydrogen) atoms. The summed E-state index contributed by atoms with van der Waals surface area (Å²) in [6, 6.07) is 0.686. The van der Waals surface area contributed by atoms with Crippen molar-refractivity contribution in [2.45, 2.75) is 4.90 Å². The van der Waals surface area contributed by atoms with Crippen LogP contribution in [0.25, 0.3) is 0 Å².